The first-order valence-electron chi connectivity index (χ1n) is 9.02. The third kappa shape index (κ3) is 3.68. The van der Waals surface area contributed by atoms with Gasteiger partial charge in [-0.25, -0.2) is 14.8 Å². The van der Waals surface area contributed by atoms with Gasteiger partial charge < -0.3 is 10.1 Å². The summed E-state index contributed by atoms with van der Waals surface area (Å²) in [5.41, 5.74) is 1.02. The van der Waals surface area contributed by atoms with Crippen LogP contribution in [-0.2, 0) is 4.74 Å². The highest BCUT2D eigenvalue weighted by Crippen LogP contribution is 2.17. The van der Waals surface area contributed by atoms with E-state index < -0.39 is 11.5 Å². The van der Waals surface area contributed by atoms with E-state index in [0.29, 0.717) is 17.2 Å². The molecular formula is C21H17N5O3. The van der Waals surface area contributed by atoms with E-state index in [9.17, 15) is 9.59 Å². The molecule has 1 N–H and O–H groups in total. The topological polar surface area (TPSA) is 99.0 Å². The number of hydrogen-bond donors (Lipinski definition) is 1. The van der Waals surface area contributed by atoms with Crippen molar-refractivity contribution >= 4 is 28.8 Å². The van der Waals surface area contributed by atoms with Crippen LogP contribution in [0.2, 0.25) is 0 Å². The molecule has 29 heavy (non-hydrogen) atoms. The summed E-state index contributed by atoms with van der Waals surface area (Å²) >= 11 is 0. The Morgan fingerprint density at radius 3 is 2.41 bits per heavy atom. The molecule has 144 valence electrons. The molecule has 0 radical (unpaired) electrons. The Morgan fingerprint density at radius 1 is 1.03 bits per heavy atom. The molecule has 8 nitrogen and oxygen atoms in total. The van der Waals surface area contributed by atoms with Crippen LogP contribution in [0.5, 0.6) is 0 Å². The number of nitrogens with one attached hydrogen (secondary N) is 1. The summed E-state index contributed by atoms with van der Waals surface area (Å²) in [6, 6.07) is 18.4. The number of ether oxygens (including phenoxy) is 1. The maximum Gasteiger partial charge on any atom is 0.362 e. The van der Waals surface area contributed by atoms with Crippen molar-refractivity contribution in [2.24, 2.45) is 0 Å². The van der Waals surface area contributed by atoms with E-state index >= 15 is 0 Å². The fraction of sp³-hybridized carbons (Fsp3) is 0.0952. The van der Waals surface area contributed by atoms with Crippen molar-refractivity contribution in [2.75, 3.05) is 11.9 Å². The Kier molecular flexibility index (Phi) is 4.98. The van der Waals surface area contributed by atoms with Gasteiger partial charge in [0.1, 0.15) is 5.52 Å². The van der Waals surface area contributed by atoms with E-state index in [1.54, 1.807) is 31.2 Å². The minimum atomic E-state index is -0.782. The average molecular weight is 387 g/mol. The van der Waals surface area contributed by atoms with Gasteiger partial charge in [0.2, 0.25) is 11.6 Å². The van der Waals surface area contributed by atoms with Crippen LogP contribution in [0.25, 0.3) is 16.9 Å². The first kappa shape index (κ1) is 18.3. The third-order valence-electron chi connectivity index (χ3n) is 4.11. The van der Waals surface area contributed by atoms with Crippen molar-refractivity contribution in [1.29, 1.82) is 0 Å². The Bertz CT molecular complexity index is 1220. The van der Waals surface area contributed by atoms with Gasteiger partial charge >= 0.3 is 5.97 Å². The van der Waals surface area contributed by atoms with Crippen molar-refractivity contribution in [2.45, 2.75) is 6.92 Å². The number of carbonyl (C=O) groups excluding carboxylic acids is 1. The maximum atomic E-state index is 13.1. The lowest BCUT2D eigenvalue weighted by Gasteiger charge is -2.12. The van der Waals surface area contributed by atoms with Gasteiger partial charge in [0.15, 0.2) is 5.65 Å². The van der Waals surface area contributed by atoms with Gasteiger partial charge in [0, 0.05) is 5.69 Å². The zero-order valence-corrected chi connectivity index (χ0v) is 15.6. The number of nitrogens with zero attached hydrogens (tertiary/aromatic N) is 4. The molecule has 0 aliphatic carbocycles. The largest absolute Gasteiger partial charge is 0.461 e. The molecule has 0 spiro atoms. The number of fused-ring (bicyclic) bond motifs is 1. The Hall–Kier alpha value is -4.07. The van der Waals surface area contributed by atoms with E-state index in [1.807, 2.05) is 36.4 Å². The second-order valence-electron chi connectivity index (χ2n) is 6.05. The number of carbonyl (C=O) groups is 1. The molecule has 2 heterocycles. The molecule has 0 fully saturated rings. The highest BCUT2D eigenvalue weighted by molar-refractivity contribution is 5.89. The summed E-state index contributed by atoms with van der Waals surface area (Å²) in [7, 11) is 0. The number of aromatic nitrogens is 4. The minimum Gasteiger partial charge on any atom is -0.461 e. The van der Waals surface area contributed by atoms with Gasteiger partial charge in [-0.15, -0.1) is 0 Å². The number of hydrogen-bond acceptors (Lipinski definition) is 7. The highest BCUT2D eigenvalue weighted by Gasteiger charge is 2.21. The van der Waals surface area contributed by atoms with Gasteiger partial charge in [-0.05, 0) is 31.2 Å². The zero-order chi connectivity index (χ0) is 20.2. The van der Waals surface area contributed by atoms with Crippen LogP contribution in [0, 0.1) is 0 Å². The second kappa shape index (κ2) is 7.89. The number of para-hydroxylation sites is 2. The molecule has 0 aliphatic rings. The van der Waals surface area contributed by atoms with Crippen LogP contribution in [0.4, 0.5) is 11.6 Å². The van der Waals surface area contributed by atoms with E-state index in [1.165, 1.54) is 10.8 Å². The van der Waals surface area contributed by atoms with Gasteiger partial charge in [0.05, 0.1) is 18.5 Å². The van der Waals surface area contributed by atoms with Crippen molar-refractivity contribution < 1.29 is 9.53 Å². The van der Waals surface area contributed by atoms with Crippen LogP contribution >= 0.6 is 0 Å². The average Bonchev–Trinajstić information content (AvgIpc) is 2.75. The van der Waals surface area contributed by atoms with E-state index in [2.05, 4.69) is 20.3 Å². The lowest BCUT2D eigenvalue weighted by atomic mass is 10.3. The standard InChI is InChI=1S/C21H17N5O3/c1-2-29-20(28)17-19(27)26(15-11-7-4-8-12-15)18-16(24-17)13-22-21(25-18)23-14-9-5-3-6-10-14/h3-13H,2H2,1H3,(H,22,23,25). The summed E-state index contributed by atoms with van der Waals surface area (Å²) in [4.78, 5) is 38.2. The van der Waals surface area contributed by atoms with Crippen molar-refractivity contribution in [1.82, 2.24) is 19.5 Å². The second-order valence-corrected chi connectivity index (χ2v) is 6.05. The molecule has 0 saturated carbocycles. The quantitative estimate of drug-likeness (QED) is 0.525. The van der Waals surface area contributed by atoms with Crippen molar-refractivity contribution in [3.8, 4) is 5.69 Å². The van der Waals surface area contributed by atoms with Crippen molar-refractivity contribution in [3.05, 3.63) is 82.9 Å². The molecular weight excluding hydrogens is 370 g/mol. The first-order chi connectivity index (χ1) is 14.2. The van der Waals surface area contributed by atoms with Gasteiger partial charge in [-0.2, -0.15) is 4.98 Å². The molecule has 4 aromatic rings. The number of anilines is 2. The van der Waals surface area contributed by atoms with Gasteiger partial charge in [0.25, 0.3) is 5.56 Å². The molecule has 0 saturated heterocycles. The Balaban J connectivity index is 1.92. The van der Waals surface area contributed by atoms with E-state index in [0.717, 1.165) is 5.69 Å². The fourth-order valence-electron chi connectivity index (χ4n) is 2.84. The maximum absolute atomic E-state index is 13.1. The molecule has 4 rings (SSSR count). The van der Waals surface area contributed by atoms with E-state index in [4.69, 9.17) is 4.74 Å². The van der Waals surface area contributed by atoms with Crippen molar-refractivity contribution in [3.63, 3.8) is 0 Å². The molecule has 0 aliphatic heterocycles. The van der Waals surface area contributed by atoms with E-state index in [-0.39, 0.29) is 17.9 Å². The van der Waals surface area contributed by atoms with Gasteiger partial charge in [-0.3, -0.25) is 9.36 Å². The zero-order valence-electron chi connectivity index (χ0n) is 15.6. The lowest BCUT2D eigenvalue weighted by molar-refractivity contribution is 0.0517. The number of rotatable bonds is 5. The molecule has 0 atom stereocenters. The minimum absolute atomic E-state index is 0.139. The normalized spacial score (nSPS) is 10.7. The summed E-state index contributed by atoms with van der Waals surface area (Å²) in [6.45, 7) is 1.80. The monoisotopic (exact) mass is 387 g/mol. The molecule has 0 unspecified atom stereocenters. The molecule has 2 aromatic carbocycles. The lowest BCUT2D eigenvalue weighted by Crippen LogP contribution is -2.29. The van der Waals surface area contributed by atoms with Crippen LogP contribution in [0.15, 0.2) is 71.7 Å². The highest BCUT2D eigenvalue weighted by atomic mass is 16.5. The summed E-state index contributed by atoms with van der Waals surface area (Å²) < 4.78 is 6.32. The van der Waals surface area contributed by atoms with Crippen LogP contribution in [0.3, 0.4) is 0 Å². The Morgan fingerprint density at radius 2 is 1.72 bits per heavy atom. The fourth-order valence-corrected chi connectivity index (χ4v) is 2.84. The van der Waals surface area contributed by atoms with Crippen LogP contribution in [-0.4, -0.2) is 32.1 Å². The molecule has 0 bridgehead atoms. The molecule has 2 aromatic heterocycles. The summed E-state index contributed by atoms with van der Waals surface area (Å²) in [5.74, 6) is -0.478. The smallest absolute Gasteiger partial charge is 0.362 e. The summed E-state index contributed by atoms with van der Waals surface area (Å²) in [5, 5.41) is 3.09. The SMILES string of the molecule is CCOC(=O)c1nc2cnc(Nc3ccccc3)nc2n(-c2ccccc2)c1=O. The molecule has 0 amide bonds. The Labute approximate surface area is 165 Å². The van der Waals surface area contributed by atoms with Gasteiger partial charge in [-0.1, -0.05) is 36.4 Å². The van der Waals surface area contributed by atoms with Crippen LogP contribution < -0.4 is 10.9 Å². The number of benzene rings is 2. The number of esters is 1. The summed E-state index contributed by atoms with van der Waals surface area (Å²) in [6.07, 6.45) is 1.47. The first-order valence-corrected chi connectivity index (χ1v) is 9.02. The third-order valence-corrected chi connectivity index (χ3v) is 4.11. The van der Waals surface area contributed by atoms with Crippen LogP contribution in [0.1, 0.15) is 17.4 Å². The molecule has 8 heteroatoms. The predicted octanol–water partition coefficient (Wildman–Crippen LogP) is 3.10. The predicted molar refractivity (Wildman–Crippen MR) is 109 cm³/mol.